The van der Waals surface area contributed by atoms with Crippen LogP contribution >= 0.6 is 0 Å². The van der Waals surface area contributed by atoms with Gasteiger partial charge >= 0.3 is 0 Å². The molecule has 2 rings (SSSR count). The molecule has 19 heavy (non-hydrogen) atoms. The molecule has 1 amide bonds. The van der Waals surface area contributed by atoms with E-state index in [1.807, 2.05) is 0 Å². The van der Waals surface area contributed by atoms with Crippen LogP contribution in [0.3, 0.4) is 0 Å². The summed E-state index contributed by atoms with van der Waals surface area (Å²) in [5.41, 5.74) is 5.66. The molecule has 2 aliphatic carbocycles. The first-order chi connectivity index (χ1) is 9.18. The van der Waals surface area contributed by atoms with Gasteiger partial charge < -0.3 is 5.73 Å². The molecule has 4 nitrogen and oxygen atoms in total. The molecule has 2 saturated carbocycles. The van der Waals surface area contributed by atoms with Crippen molar-refractivity contribution >= 4 is 11.9 Å². The zero-order valence-corrected chi connectivity index (χ0v) is 11.9. The number of hydrogen-bond donors (Lipinski definition) is 2. The zero-order valence-electron chi connectivity index (χ0n) is 11.9. The highest BCUT2D eigenvalue weighted by atomic mass is 16.2. The average molecular weight is 265 g/mol. The Bertz CT molecular complexity index is 317. The van der Waals surface area contributed by atoms with Crippen molar-refractivity contribution in [2.24, 2.45) is 11.7 Å². The second-order valence-corrected chi connectivity index (χ2v) is 6.15. The van der Waals surface area contributed by atoms with Gasteiger partial charge in [-0.05, 0) is 31.6 Å². The molecule has 0 aromatic rings. The van der Waals surface area contributed by atoms with Crippen molar-refractivity contribution in [1.29, 1.82) is 5.41 Å². The Morgan fingerprint density at radius 2 is 1.53 bits per heavy atom. The van der Waals surface area contributed by atoms with Gasteiger partial charge in [0.2, 0.25) is 5.91 Å². The van der Waals surface area contributed by atoms with E-state index in [0.717, 1.165) is 25.7 Å². The number of carbonyl (C=O) groups is 1. The number of rotatable bonds is 3. The van der Waals surface area contributed by atoms with E-state index in [-0.39, 0.29) is 17.9 Å². The van der Waals surface area contributed by atoms with Crippen molar-refractivity contribution < 1.29 is 4.79 Å². The van der Waals surface area contributed by atoms with Gasteiger partial charge in [-0.25, -0.2) is 0 Å². The number of guanidine groups is 1. The molecule has 0 atom stereocenters. The fourth-order valence-electron chi connectivity index (χ4n) is 3.61. The van der Waals surface area contributed by atoms with Gasteiger partial charge in [-0.1, -0.05) is 38.5 Å². The van der Waals surface area contributed by atoms with Crippen LogP contribution < -0.4 is 5.73 Å². The molecule has 2 fully saturated rings. The monoisotopic (exact) mass is 265 g/mol. The average Bonchev–Trinajstić information content (AvgIpc) is 2.40. The minimum atomic E-state index is -0.0484. The number of nitrogens with two attached hydrogens (primary N) is 1. The Balaban J connectivity index is 1.93. The van der Waals surface area contributed by atoms with Crippen LogP contribution in [0, 0.1) is 11.3 Å². The third kappa shape index (κ3) is 3.95. The van der Waals surface area contributed by atoms with Gasteiger partial charge in [0, 0.05) is 12.5 Å². The third-order valence-electron chi connectivity index (χ3n) is 4.66. The summed E-state index contributed by atoms with van der Waals surface area (Å²) in [6.07, 6.45) is 12.3. The highest BCUT2D eigenvalue weighted by Crippen LogP contribution is 2.28. The lowest BCUT2D eigenvalue weighted by Gasteiger charge is -2.34. The van der Waals surface area contributed by atoms with Crippen molar-refractivity contribution in [3.63, 3.8) is 0 Å². The summed E-state index contributed by atoms with van der Waals surface area (Å²) in [6, 6.07) is 0.183. The molecule has 0 bridgehead atoms. The molecule has 0 aliphatic heterocycles. The first kappa shape index (κ1) is 14.4. The highest BCUT2D eigenvalue weighted by molar-refractivity contribution is 5.95. The smallest absolute Gasteiger partial charge is 0.229 e. The minimum absolute atomic E-state index is 0.0484. The standard InChI is InChI=1S/C15H27N3O/c16-15(17)18(13-9-5-2-6-10-13)14(19)11-12-7-3-1-4-8-12/h12-13H,1-11H2,(H3,16,17). The molecular weight excluding hydrogens is 238 g/mol. The van der Waals surface area contributed by atoms with E-state index >= 15 is 0 Å². The maximum absolute atomic E-state index is 12.5. The topological polar surface area (TPSA) is 70.2 Å². The largest absolute Gasteiger partial charge is 0.370 e. The zero-order chi connectivity index (χ0) is 13.7. The van der Waals surface area contributed by atoms with Gasteiger partial charge in [-0.2, -0.15) is 0 Å². The van der Waals surface area contributed by atoms with Crippen molar-refractivity contribution in [3.05, 3.63) is 0 Å². The van der Waals surface area contributed by atoms with Crippen LogP contribution in [0.2, 0.25) is 0 Å². The van der Waals surface area contributed by atoms with Crippen LogP contribution in [-0.2, 0) is 4.79 Å². The summed E-state index contributed by atoms with van der Waals surface area (Å²) in [5.74, 6) is 0.561. The van der Waals surface area contributed by atoms with Crippen molar-refractivity contribution in [1.82, 2.24) is 4.90 Å². The number of amides is 1. The summed E-state index contributed by atoms with van der Waals surface area (Å²) in [7, 11) is 0. The van der Waals surface area contributed by atoms with Crippen LogP contribution in [0.5, 0.6) is 0 Å². The molecule has 108 valence electrons. The molecule has 3 N–H and O–H groups in total. The number of carbonyl (C=O) groups excluding carboxylic acids is 1. The minimum Gasteiger partial charge on any atom is -0.370 e. The normalized spacial score (nSPS) is 22.1. The second kappa shape index (κ2) is 6.92. The Morgan fingerprint density at radius 1 is 1.00 bits per heavy atom. The second-order valence-electron chi connectivity index (χ2n) is 6.15. The molecule has 0 radical (unpaired) electrons. The number of nitrogens with zero attached hydrogens (tertiary/aromatic N) is 1. The Hall–Kier alpha value is -1.06. The summed E-state index contributed by atoms with van der Waals surface area (Å²) in [5, 5.41) is 7.72. The summed E-state index contributed by atoms with van der Waals surface area (Å²) < 4.78 is 0. The Morgan fingerprint density at radius 3 is 2.05 bits per heavy atom. The van der Waals surface area contributed by atoms with E-state index in [4.69, 9.17) is 11.1 Å². The SMILES string of the molecule is N=C(N)N(C(=O)CC1CCCCC1)C1CCCCC1. The van der Waals surface area contributed by atoms with E-state index in [9.17, 15) is 4.79 Å². The molecule has 0 aromatic heterocycles. The molecule has 4 heteroatoms. The predicted octanol–water partition coefficient (Wildman–Crippen LogP) is 3.01. The van der Waals surface area contributed by atoms with Gasteiger partial charge in [0.05, 0.1) is 0 Å². The van der Waals surface area contributed by atoms with E-state index in [2.05, 4.69) is 0 Å². The van der Waals surface area contributed by atoms with Crippen molar-refractivity contribution in [3.8, 4) is 0 Å². The lowest BCUT2D eigenvalue weighted by atomic mass is 9.86. The fourth-order valence-corrected chi connectivity index (χ4v) is 3.61. The van der Waals surface area contributed by atoms with Gasteiger partial charge in [0.25, 0.3) is 0 Å². The van der Waals surface area contributed by atoms with Gasteiger partial charge in [-0.3, -0.25) is 15.1 Å². The van der Waals surface area contributed by atoms with Crippen molar-refractivity contribution in [2.75, 3.05) is 0 Å². The number of hydrogen-bond acceptors (Lipinski definition) is 2. The van der Waals surface area contributed by atoms with E-state index in [0.29, 0.717) is 12.3 Å². The van der Waals surface area contributed by atoms with Crippen LogP contribution in [0.25, 0.3) is 0 Å². The summed E-state index contributed by atoms with van der Waals surface area (Å²) >= 11 is 0. The predicted molar refractivity (Wildman–Crippen MR) is 76.8 cm³/mol. The molecule has 0 saturated heterocycles. The Labute approximate surface area is 116 Å². The Kier molecular flexibility index (Phi) is 5.23. The van der Waals surface area contributed by atoms with Crippen LogP contribution in [0.1, 0.15) is 70.6 Å². The maximum Gasteiger partial charge on any atom is 0.229 e. The summed E-state index contributed by atoms with van der Waals surface area (Å²) in [6.45, 7) is 0. The molecular formula is C15H27N3O. The number of nitrogens with one attached hydrogen (secondary N) is 1. The fraction of sp³-hybridized carbons (Fsp3) is 0.867. The quantitative estimate of drug-likeness (QED) is 0.608. The maximum atomic E-state index is 12.5. The van der Waals surface area contributed by atoms with Crippen LogP contribution in [-0.4, -0.2) is 22.8 Å². The highest BCUT2D eigenvalue weighted by Gasteiger charge is 2.29. The van der Waals surface area contributed by atoms with E-state index in [1.54, 1.807) is 4.90 Å². The molecule has 0 heterocycles. The van der Waals surface area contributed by atoms with E-state index < -0.39 is 0 Å². The molecule has 0 unspecified atom stereocenters. The molecule has 0 spiro atoms. The first-order valence-electron chi connectivity index (χ1n) is 7.84. The molecule has 0 aromatic carbocycles. The van der Waals surface area contributed by atoms with Crippen LogP contribution in [0.15, 0.2) is 0 Å². The van der Waals surface area contributed by atoms with Gasteiger partial charge in [0.15, 0.2) is 5.96 Å². The van der Waals surface area contributed by atoms with E-state index in [1.165, 1.54) is 38.5 Å². The molecule has 2 aliphatic rings. The lowest BCUT2D eigenvalue weighted by molar-refractivity contribution is -0.130. The first-order valence-corrected chi connectivity index (χ1v) is 7.84. The van der Waals surface area contributed by atoms with Gasteiger partial charge in [-0.15, -0.1) is 0 Å². The third-order valence-corrected chi connectivity index (χ3v) is 4.66. The van der Waals surface area contributed by atoms with Crippen LogP contribution in [0.4, 0.5) is 0 Å². The van der Waals surface area contributed by atoms with Crippen molar-refractivity contribution in [2.45, 2.75) is 76.7 Å². The lowest BCUT2D eigenvalue weighted by Crippen LogP contribution is -2.49. The van der Waals surface area contributed by atoms with Gasteiger partial charge in [0.1, 0.15) is 0 Å². The summed E-state index contributed by atoms with van der Waals surface area (Å²) in [4.78, 5) is 14.0.